The zero-order valence-electron chi connectivity index (χ0n) is 12.3. The largest absolute Gasteiger partial charge is 0.486 e. The molecular weight excluding hydrogens is 371 g/mol. The Bertz CT molecular complexity index is 814. The van der Waals surface area contributed by atoms with Crippen LogP contribution in [0.15, 0.2) is 36.4 Å². The van der Waals surface area contributed by atoms with Gasteiger partial charge in [0.1, 0.15) is 13.2 Å². The van der Waals surface area contributed by atoms with E-state index in [1.165, 1.54) is 0 Å². The van der Waals surface area contributed by atoms with Gasteiger partial charge in [-0.3, -0.25) is 10.1 Å². The van der Waals surface area contributed by atoms with Gasteiger partial charge in [-0.15, -0.1) is 0 Å². The zero-order valence-corrected chi connectivity index (χ0v) is 14.6. The molecule has 0 saturated carbocycles. The molecule has 2 aromatic rings. The lowest BCUT2D eigenvalue weighted by Gasteiger charge is -2.18. The summed E-state index contributed by atoms with van der Waals surface area (Å²) in [4.78, 5) is 12.3. The quantitative estimate of drug-likeness (QED) is 0.771. The fraction of sp³-hybridized carbons (Fsp3) is 0.125. The van der Waals surface area contributed by atoms with Crippen molar-refractivity contribution in [3.05, 3.63) is 52.0 Å². The highest BCUT2D eigenvalue weighted by Crippen LogP contribution is 2.30. The lowest BCUT2D eigenvalue weighted by atomic mass is 10.2. The van der Waals surface area contributed by atoms with Crippen LogP contribution in [0.2, 0.25) is 10.0 Å². The van der Waals surface area contributed by atoms with Gasteiger partial charge in [0.15, 0.2) is 16.6 Å². The van der Waals surface area contributed by atoms with Crippen LogP contribution in [0, 0.1) is 0 Å². The molecule has 8 heteroatoms. The third-order valence-electron chi connectivity index (χ3n) is 3.21. The number of hydrogen-bond acceptors (Lipinski definition) is 4. The van der Waals surface area contributed by atoms with Gasteiger partial charge in [0, 0.05) is 10.6 Å². The lowest BCUT2D eigenvalue weighted by Crippen LogP contribution is -2.34. The van der Waals surface area contributed by atoms with Crippen molar-refractivity contribution in [2.75, 3.05) is 18.5 Å². The first-order chi connectivity index (χ1) is 11.5. The summed E-state index contributed by atoms with van der Waals surface area (Å²) >= 11 is 17.0. The van der Waals surface area contributed by atoms with Crippen LogP contribution in [0.1, 0.15) is 10.4 Å². The number of thiocarbonyl (C=S) groups is 1. The molecule has 0 spiro atoms. The molecule has 0 radical (unpaired) electrons. The highest BCUT2D eigenvalue weighted by Gasteiger charge is 2.16. The Kier molecular flexibility index (Phi) is 5.08. The zero-order chi connectivity index (χ0) is 17.1. The topological polar surface area (TPSA) is 59.6 Å². The van der Waals surface area contributed by atoms with E-state index in [0.29, 0.717) is 46.0 Å². The van der Waals surface area contributed by atoms with Crippen LogP contribution in [0.4, 0.5) is 5.69 Å². The summed E-state index contributed by atoms with van der Waals surface area (Å²) in [6.07, 6.45) is 0. The maximum atomic E-state index is 12.3. The Labute approximate surface area is 153 Å². The van der Waals surface area contributed by atoms with Crippen molar-refractivity contribution in [1.29, 1.82) is 0 Å². The Morgan fingerprint density at radius 1 is 1.04 bits per heavy atom. The number of hydrogen-bond donors (Lipinski definition) is 2. The molecule has 0 fully saturated rings. The summed E-state index contributed by atoms with van der Waals surface area (Å²) in [5, 5.41) is 6.48. The number of carbonyl (C=O) groups is 1. The van der Waals surface area contributed by atoms with Crippen LogP contribution in [0.3, 0.4) is 0 Å². The molecule has 2 aromatic carbocycles. The van der Waals surface area contributed by atoms with E-state index >= 15 is 0 Å². The van der Waals surface area contributed by atoms with E-state index in [0.717, 1.165) is 0 Å². The van der Waals surface area contributed by atoms with Gasteiger partial charge < -0.3 is 14.8 Å². The fourth-order valence-electron chi connectivity index (χ4n) is 2.10. The predicted octanol–water partition coefficient (Wildman–Crippen LogP) is 3.89. The molecule has 0 unspecified atom stereocenters. The monoisotopic (exact) mass is 382 g/mol. The van der Waals surface area contributed by atoms with Gasteiger partial charge in [0.2, 0.25) is 0 Å². The van der Waals surface area contributed by atoms with Gasteiger partial charge in [-0.25, -0.2) is 0 Å². The van der Waals surface area contributed by atoms with Gasteiger partial charge in [0.25, 0.3) is 5.91 Å². The summed E-state index contributed by atoms with van der Waals surface area (Å²) in [6.45, 7) is 0.946. The van der Waals surface area contributed by atoms with Crippen LogP contribution in [-0.2, 0) is 0 Å². The molecule has 5 nitrogen and oxygen atoms in total. The molecule has 0 aromatic heterocycles. The summed E-state index contributed by atoms with van der Waals surface area (Å²) in [6, 6.07) is 9.86. The highest BCUT2D eigenvalue weighted by molar-refractivity contribution is 7.80. The van der Waals surface area contributed by atoms with Gasteiger partial charge in [-0.2, -0.15) is 0 Å². The molecule has 1 aliphatic heterocycles. The second-order valence-corrected chi connectivity index (χ2v) is 6.14. The maximum absolute atomic E-state index is 12.3. The van der Waals surface area contributed by atoms with Gasteiger partial charge in [-0.1, -0.05) is 23.2 Å². The molecule has 2 N–H and O–H groups in total. The van der Waals surface area contributed by atoms with Crippen molar-refractivity contribution in [2.45, 2.75) is 0 Å². The van der Waals surface area contributed by atoms with E-state index in [1.807, 2.05) is 0 Å². The van der Waals surface area contributed by atoms with Crippen molar-refractivity contribution < 1.29 is 14.3 Å². The van der Waals surface area contributed by atoms with E-state index in [2.05, 4.69) is 10.6 Å². The molecular formula is C16H12Cl2N2O3S. The second kappa shape index (κ2) is 7.25. The molecule has 124 valence electrons. The average Bonchev–Trinajstić information content (AvgIpc) is 2.57. The van der Waals surface area contributed by atoms with E-state index in [9.17, 15) is 4.79 Å². The molecule has 0 aliphatic carbocycles. The van der Waals surface area contributed by atoms with Crippen LogP contribution in [0.25, 0.3) is 0 Å². The standard InChI is InChI=1S/C16H12Cl2N2O3S/c17-10-2-3-12(11(18)8-10)19-16(24)20-15(21)9-1-4-13-14(7-9)23-6-5-22-13/h1-4,7-8H,5-6H2,(H2,19,20,21,24). The summed E-state index contributed by atoms with van der Waals surface area (Å²) < 4.78 is 10.9. The maximum Gasteiger partial charge on any atom is 0.257 e. The molecule has 24 heavy (non-hydrogen) atoms. The van der Waals surface area contributed by atoms with Crippen molar-refractivity contribution >= 4 is 52.1 Å². The molecule has 0 bridgehead atoms. The second-order valence-electron chi connectivity index (χ2n) is 4.89. The number of rotatable bonds is 2. The highest BCUT2D eigenvalue weighted by atomic mass is 35.5. The van der Waals surface area contributed by atoms with Crippen LogP contribution < -0.4 is 20.1 Å². The van der Waals surface area contributed by atoms with E-state index in [-0.39, 0.29) is 11.0 Å². The molecule has 0 atom stereocenters. The minimum absolute atomic E-state index is 0.124. The summed E-state index contributed by atoms with van der Waals surface area (Å²) in [7, 11) is 0. The number of anilines is 1. The van der Waals surface area contributed by atoms with Crippen LogP contribution in [-0.4, -0.2) is 24.2 Å². The number of nitrogens with one attached hydrogen (secondary N) is 2. The lowest BCUT2D eigenvalue weighted by molar-refractivity contribution is 0.0976. The molecule has 1 amide bonds. The first-order valence-corrected chi connectivity index (χ1v) is 8.16. The first-order valence-electron chi connectivity index (χ1n) is 7.00. The van der Waals surface area contributed by atoms with E-state index in [4.69, 9.17) is 44.9 Å². The Balaban J connectivity index is 1.67. The number of carbonyl (C=O) groups excluding carboxylic acids is 1. The minimum atomic E-state index is -0.366. The normalized spacial score (nSPS) is 12.4. The molecule has 1 heterocycles. The van der Waals surface area contributed by atoms with Crippen LogP contribution in [0.5, 0.6) is 11.5 Å². The number of benzene rings is 2. The van der Waals surface area contributed by atoms with E-state index in [1.54, 1.807) is 36.4 Å². The third-order valence-corrected chi connectivity index (χ3v) is 3.96. The molecule has 0 saturated heterocycles. The van der Waals surface area contributed by atoms with E-state index < -0.39 is 0 Å². The number of ether oxygens (including phenoxy) is 2. The van der Waals surface area contributed by atoms with Crippen molar-refractivity contribution in [1.82, 2.24) is 5.32 Å². The SMILES string of the molecule is O=C(NC(=S)Nc1ccc(Cl)cc1Cl)c1ccc2c(c1)OCCO2. The Hall–Kier alpha value is -2.02. The van der Waals surface area contributed by atoms with Crippen molar-refractivity contribution in [3.63, 3.8) is 0 Å². The Morgan fingerprint density at radius 2 is 1.79 bits per heavy atom. The molecule has 3 rings (SSSR count). The third kappa shape index (κ3) is 3.90. The smallest absolute Gasteiger partial charge is 0.257 e. The van der Waals surface area contributed by atoms with Crippen molar-refractivity contribution in [2.24, 2.45) is 0 Å². The predicted molar refractivity (Wildman–Crippen MR) is 97.6 cm³/mol. The number of halogens is 2. The van der Waals surface area contributed by atoms with Gasteiger partial charge in [-0.05, 0) is 48.6 Å². The average molecular weight is 383 g/mol. The number of fused-ring (bicyclic) bond motifs is 1. The number of amides is 1. The fourth-order valence-corrected chi connectivity index (χ4v) is 2.76. The Morgan fingerprint density at radius 3 is 2.54 bits per heavy atom. The van der Waals surface area contributed by atoms with Crippen LogP contribution >= 0.6 is 35.4 Å². The summed E-state index contributed by atoms with van der Waals surface area (Å²) in [5.74, 6) is 0.787. The summed E-state index contributed by atoms with van der Waals surface area (Å²) in [5.41, 5.74) is 0.958. The van der Waals surface area contributed by atoms with Crippen molar-refractivity contribution in [3.8, 4) is 11.5 Å². The van der Waals surface area contributed by atoms with Gasteiger partial charge >= 0.3 is 0 Å². The first kappa shape index (κ1) is 16.8. The van der Waals surface area contributed by atoms with Gasteiger partial charge in [0.05, 0.1) is 10.7 Å². The molecule has 1 aliphatic rings. The minimum Gasteiger partial charge on any atom is -0.486 e.